The molecule has 0 unspecified atom stereocenters. The fourth-order valence-electron chi connectivity index (χ4n) is 11.6. The predicted octanol–water partition coefficient (Wildman–Crippen LogP) is 16.7. The lowest BCUT2D eigenvalue weighted by Gasteiger charge is -2.34. The highest BCUT2D eigenvalue weighted by Gasteiger charge is 2.46. The maximum absolute atomic E-state index is 2.54. The second-order valence-electron chi connectivity index (χ2n) is 18.0. The molecule has 1 aliphatic rings. The minimum Gasteiger partial charge on any atom is -0.309 e. The second-order valence-corrected chi connectivity index (χ2v) is 18.0. The Kier molecular flexibility index (Phi) is 8.23. The van der Waals surface area contributed by atoms with E-state index in [2.05, 4.69) is 264 Å². The van der Waals surface area contributed by atoms with Gasteiger partial charge in [0.05, 0.1) is 27.5 Å². The van der Waals surface area contributed by atoms with Crippen molar-refractivity contribution in [3.8, 4) is 44.8 Å². The number of fused-ring (bicyclic) bond motifs is 10. The summed E-state index contributed by atoms with van der Waals surface area (Å²) in [7, 11) is 0. The molecule has 2 heteroatoms. The molecule has 0 N–H and O–H groups in total. The summed E-state index contributed by atoms with van der Waals surface area (Å²) in [5, 5.41) is 7.42. The van der Waals surface area contributed by atoms with Crippen LogP contribution in [0.3, 0.4) is 0 Å². The van der Waals surface area contributed by atoms with Crippen LogP contribution in [0, 0.1) is 0 Å². The molecule has 1 aliphatic carbocycles. The Morgan fingerprint density at radius 2 is 0.761 bits per heavy atom. The molecule has 0 bridgehead atoms. The van der Waals surface area contributed by atoms with Crippen LogP contribution in [0.5, 0.6) is 0 Å². The molecule has 0 saturated heterocycles. The highest BCUT2D eigenvalue weighted by atomic mass is 15.0. The molecule has 2 heterocycles. The molecular formula is C65H42N2. The van der Waals surface area contributed by atoms with E-state index in [9.17, 15) is 0 Å². The lowest BCUT2D eigenvalue weighted by molar-refractivity contribution is 0.769. The van der Waals surface area contributed by atoms with Gasteiger partial charge in [-0.05, 0) is 133 Å². The first kappa shape index (κ1) is 37.6. The van der Waals surface area contributed by atoms with Crippen molar-refractivity contribution >= 4 is 54.4 Å². The summed E-state index contributed by atoms with van der Waals surface area (Å²) in [6, 6.07) is 94.5. The first-order chi connectivity index (χ1) is 33.2. The van der Waals surface area contributed by atoms with Crippen molar-refractivity contribution in [2.24, 2.45) is 0 Å². The van der Waals surface area contributed by atoms with Crippen molar-refractivity contribution in [3.05, 3.63) is 277 Å². The Balaban J connectivity index is 1.01. The summed E-state index contributed by atoms with van der Waals surface area (Å²) in [4.78, 5) is 0. The molecule has 312 valence electrons. The summed E-state index contributed by atoms with van der Waals surface area (Å²) < 4.78 is 4.91. The van der Waals surface area contributed by atoms with Gasteiger partial charge in [-0.25, -0.2) is 0 Å². The molecule has 0 spiro atoms. The predicted molar refractivity (Wildman–Crippen MR) is 281 cm³/mol. The Bertz CT molecular complexity index is 4020. The average molecular weight is 851 g/mol. The molecule has 11 aromatic carbocycles. The molecule has 0 fully saturated rings. The van der Waals surface area contributed by atoms with Crippen LogP contribution >= 0.6 is 0 Å². The third-order valence-electron chi connectivity index (χ3n) is 14.6. The fraction of sp³-hybridized carbons (Fsp3) is 0.0154. The maximum Gasteiger partial charge on any atom is 0.0713 e. The van der Waals surface area contributed by atoms with E-state index in [0.29, 0.717) is 0 Å². The van der Waals surface area contributed by atoms with Crippen molar-refractivity contribution in [2.45, 2.75) is 5.41 Å². The summed E-state index contributed by atoms with van der Waals surface area (Å²) in [5.74, 6) is 0. The Hall–Kier alpha value is -8.72. The van der Waals surface area contributed by atoms with Crippen molar-refractivity contribution < 1.29 is 0 Å². The zero-order chi connectivity index (χ0) is 44.1. The van der Waals surface area contributed by atoms with Gasteiger partial charge < -0.3 is 9.13 Å². The number of aromatic nitrogens is 2. The molecule has 2 aromatic heterocycles. The van der Waals surface area contributed by atoms with Crippen LogP contribution in [0.15, 0.2) is 255 Å². The van der Waals surface area contributed by atoms with Gasteiger partial charge in [0.2, 0.25) is 0 Å². The highest BCUT2D eigenvalue weighted by molar-refractivity contribution is 6.14. The van der Waals surface area contributed by atoms with Gasteiger partial charge in [0.15, 0.2) is 0 Å². The lowest BCUT2D eigenvalue weighted by Crippen LogP contribution is -2.28. The third-order valence-corrected chi connectivity index (χ3v) is 14.6. The number of benzene rings is 11. The van der Waals surface area contributed by atoms with E-state index in [1.165, 1.54) is 110 Å². The largest absolute Gasteiger partial charge is 0.309 e. The zero-order valence-electron chi connectivity index (χ0n) is 36.6. The van der Waals surface area contributed by atoms with E-state index in [-0.39, 0.29) is 0 Å². The van der Waals surface area contributed by atoms with Gasteiger partial charge >= 0.3 is 0 Å². The molecule has 0 amide bonds. The number of hydrogen-bond donors (Lipinski definition) is 0. The minimum atomic E-state index is -0.501. The minimum absolute atomic E-state index is 0.501. The number of para-hydroxylation sites is 1. The molecule has 0 aliphatic heterocycles. The van der Waals surface area contributed by atoms with Gasteiger partial charge in [-0.15, -0.1) is 0 Å². The van der Waals surface area contributed by atoms with Crippen LogP contribution < -0.4 is 0 Å². The second kappa shape index (κ2) is 14.7. The summed E-state index contributed by atoms with van der Waals surface area (Å²) >= 11 is 0. The van der Waals surface area contributed by atoms with Gasteiger partial charge in [0, 0.05) is 32.9 Å². The Morgan fingerprint density at radius 1 is 0.254 bits per heavy atom. The SMILES string of the molecule is c1ccc(-c2ccc(-n3c4ccccc4c4cc(-c5ccc6c(c5)c5cc7c(cc5n6-c5ccc6ccccc6c5)-c5ccccc5C7(c5ccccc5)c5ccccc5)ccc43)cc2)cc1. The normalized spacial score (nSPS) is 12.9. The Morgan fingerprint density at radius 3 is 1.48 bits per heavy atom. The van der Waals surface area contributed by atoms with E-state index in [4.69, 9.17) is 0 Å². The summed E-state index contributed by atoms with van der Waals surface area (Å²) in [6.07, 6.45) is 0. The molecule has 2 nitrogen and oxygen atoms in total. The van der Waals surface area contributed by atoms with Gasteiger partial charge in [-0.3, -0.25) is 0 Å². The lowest BCUT2D eigenvalue weighted by atomic mass is 9.67. The average Bonchev–Trinajstić information content (AvgIpc) is 4.02. The van der Waals surface area contributed by atoms with Crippen molar-refractivity contribution in [2.75, 3.05) is 0 Å². The molecular weight excluding hydrogens is 809 g/mol. The van der Waals surface area contributed by atoms with E-state index >= 15 is 0 Å². The van der Waals surface area contributed by atoms with Crippen molar-refractivity contribution in [3.63, 3.8) is 0 Å². The van der Waals surface area contributed by atoms with E-state index in [1.54, 1.807) is 0 Å². The summed E-state index contributed by atoms with van der Waals surface area (Å²) in [6.45, 7) is 0. The van der Waals surface area contributed by atoms with Crippen LogP contribution in [0.4, 0.5) is 0 Å². The van der Waals surface area contributed by atoms with Crippen molar-refractivity contribution in [1.82, 2.24) is 9.13 Å². The van der Waals surface area contributed by atoms with Crippen molar-refractivity contribution in [1.29, 1.82) is 0 Å². The monoisotopic (exact) mass is 850 g/mol. The topological polar surface area (TPSA) is 9.86 Å². The smallest absolute Gasteiger partial charge is 0.0713 e. The molecule has 67 heavy (non-hydrogen) atoms. The number of nitrogens with zero attached hydrogens (tertiary/aromatic N) is 2. The molecule has 0 radical (unpaired) electrons. The van der Waals surface area contributed by atoms with Crippen LogP contribution in [-0.4, -0.2) is 9.13 Å². The van der Waals surface area contributed by atoms with Crippen LogP contribution in [0.1, 0.15) is 22.3 Å². The maximum atomic E-state index is 2.54. The van der Waals surface area contributed by atoms with Gasteiger partial charge in [0.1, 0.15) is 0 Å². The van der Waals surface area contributed by atoms with Gasteiger partial charge in [-0.1, -0.05) is 188 Å². The zero-order valence-corrected chi connectivity index (χ0v) is 36.6. The molecule has 0 saturated carbocycles. The summed E-state index contributed by atoms with van der Waals surface area (Å²) in [5.41, 5.74) is 19.1. The third kappa shape index (κ3) is 5.57. The Labute approximate surface area is 388 Å². The first-order valence-corrected chi connectivity index (χ1v) is 23.2. The van der Waals surface area contributed by atoms with Crippen LogP contribution in [0.2, 0.25) is 0 Å². The quantitative estimate of drug-likeness (QED) is 0.158. The van der Waals surface area contributed by atoms with Gasteiger partial charge in [0.25, 0.3) is 0 Å². The van der Waals surface area contributed by atoms with Gasteiger partial charge in [-0.2, -0.15) is 0 Å². The standard InChI is InChI=1S/C65H42N2/c1-4-16-43(17-5-1)45-28-33-51(34-29-45)66-61-27-15-13-25-54(61)56-39-47(31-36-62(56)66)48-32-37-63-57(40-48)58-41-60-55(42-64(58)67(63)52-35-30-44-18-10-11-19-46(44)38-52)53-24-12-14-26-59(53)65(60,49-20-6-2-7-21-49)50-22-8-3-9-23-50/h1-42H. The number of hydrogen-bond acceptors (Lipinski definition) is 0. The molecule has 13 aromatic rings. The molecule has 0 atom stereocenters. The van der Waals surface area contributed by atoms with E-state index < -0.39 is 5.41 Å². The number of rotatable bonds is 6. The fourth-order valence-corrected chi connectivity index (χ4v) is 11.6. The van der Waals surface area contributed by atoms with E-state index in [1.807, 2.05) is 0 Å². The highest BCUT2D eigenvalue weighted by Crippen LogP contribution is 2.57. The molecule has 14 rings (SSSR count). The van der Waals surface area contributed by atoms with Crippen LogP contribution in [-0.2, 0) is 5.41 Å². The van der Waals surface area contributed by atoms with Crippen LogP contribution in [0.25, 0.3) is 99.1 Å². The first-order valence-electron chi connectivity index (χ1n) is 23.2. The van der Waals surface area contributed by atoms with E-state index in [0.717, 1.165) is 11.4 Å².